The molecule has 1 atom stereocenters. The second-order valence-electron chi connectivity index (χ2n) is 2.52. The van der Waals surface area contributed by atoms with E-state index in [0.29, 0.717) is 5.92 Å². The average molecular weight is 157 g/mol. The molecule has 0 aromatic carbocycles. The minimum Gasteiger partial charge on any atom is -0.249 e. The molecule has 1 aromatic heterocycles. The number of aromatic nitrogens is 3. The molecule has 3 nitrogen and oxygen atoms in total. The number of hydrogen-bond donors (Lipinski definition) is 0. The second-order valence-corrected chi connectivity index (χ2v) is 2.89. The van der Waals surface area contributed by atoms with E-state index in [9.17, 15) is 0 Å². The first-order chi connectivity index (χ1) is 4.74. The highest BCUT2D eigenvalue weighted by molar-refractivity contribution is 7.15. The Morgan fingerprint density at radius 1 is 1.70 bits per heavy atom. The zero-order valence-corrected chi connectivity index (χ0v) is 7.44. The van der Waals surface area contributed by atoms with Crippen molar-refractivity contribution in [1.29, 1.82) is 0 Å². The zero-order valence-electron chi connectivity index (χ0n) is 6.28. The first-order valence-corrected chi connectivity index (χ1v) is 4.15. The van der Waals surface area contributed by atoms with E-state index in [1.807, 2.05) is 6.20 Å². The molecule has 4 heteroatoms. The minimum atomic E-state index is 0.477. The molecule has 1 unspecified atom stereocenters. The van der Waals surface area contributed by atoms with Gasteiger partial charge in [0.05, 0.1) is 12.0 Å². The summed E-state index contributed by atoms with van der Waals surface area (Å²) in [6, 6.07) is 0. The molecule has 1 aromatic rings. The van der Waals surface area contributed by atoms with E-state index in [-0.39, 0.29) is 0 Å². The van der Waals surface area contributed by atoms with Gasteiger partial charge in [0.2, 0.25) is 0 Å². The van der Waals surface area contributed by atoms with Crippen LogP contribution in [0.4, 0.5) is 0 Å². The van der Waals surface area contributed by atoms with Gasteiger partial charge < -0.3 is 0 Å². The van der Waals surface area contributed by atoms with E-state index >= 15 is 0 Å². The molecule has 0 aliphatic carbocycles. The molecule has 0 radical (unpaired) electrons. The lowest BCUT2D eigenvalue weighted by atomic mass is 10.2. The summed E-state index contributed by atoms with van der Waals surface area (Å²) in [5, 5.41) is 7.89. The van der Waals surface area contributed by atoms with Gasteiger partial charge in [0.15, 0.2) is 0 Å². The molecule has 0 aliphatic rings. The molecular formula is C6H12N3P. The van der Waals surface area contributed by atoms with Crippen LogP contribution in [0.2, 0.25) is 0 Å². The molecule has 1 rings (SSSR count). The summed E-state index contributed by atoms with van der Waals surface area (Å²) >= 11 is 0. The van der Waals surface area contributed by atoms with Crippen LogP contribution in [0.3, 0.4) is 0 Å². The van der Waals surface area contributed by atoms with Crippen LogP contribution in [0.1, 0.15) is 25.5 Å². The van der Waals surface area contributed by atoms with Gasteiger partial charge in [0.25, 0.3) is 0 Å². The number of hydrogen-bond acceptors (Lipinski definition) is 2. The van der Waals surface area contributed by atoms with Crippen LogP contribution in [-0.4, -0.2) is 15.0 Å². The van der Waals surface area contributed by atoms with Crippen molar-refractivity contribution >= 4 is 9.24 Å². The molecule has 0 saturated carbocycles. The lowest BCUT2D eigenvalue weighted by molar-refractivity contribution is 0.698. The van der Waals surface area contributed by atoms with Crippen LogP contribution >= 0.6 is 9.24 Å². The Balaban J connectivity index is 2.78. The lowest BCUT2D eigenvalue weighted by Crippen LogP contribution is -1.90. The zero-order chi connectivity index (χ0) is 7.56. The molecule has 0 amide bonds. The highest BCUT2D eigenvalue weighted by Crippen LogP contribution is 2.09. The van der Waals surface area contributed by atoms with Gasteiger partial charge in [-0.15, -0.1) is 14.3 Å². The van der Waals surface area contributed by atoms with Gasteiger partial charge in [-0.3, -0.25) is 0 Å². The predicted octanol–water partition coefficient (Wildman–Crippen LogP) is 1.23. The normalized spacial score (nSPS) is 10.8. The fourth-order valence-electron chi connectivity index (χ4n) is 0.667. The molecule has 0 aliphatic heterocycles. The van der Waals surface area contributed by atoms with Gasteiger partial charge >= 0.3 is 0 Å². The van der Waals surface area contributed by atoms with Crippen molar-refractivity contribution < 1.29 is 0 Å². The molecule has 0 bridgehead atoms. The van der Waals surface area contributed by atoms with Crippen molar-refractivity contribution in [2.24, 2.45) is 0 Å². The van der Waals surface area contributed by atoms with Crippen LogP contribution in [0.5, 0.6) is 0 Å². The molecule has 56 valence electrons. The first kappa shape index (κ1) is 7.67. The van der Waals surface area contributed by atoms with Crippen molar-refractivity contribution in [3.8, 4) is 0 Å². The Bertz CT molecular complexity index is 207. The number of rotatable bonds is 2. The lowest BCUT2D eigenvalue weighted by Gasteiger charge is -1.94. The third-order valence-electron chi connectivity index (χ3n) is 1.33. The smallest absolute Gasteiger partial charge is 0.0852 e. The highest BCUT2D eigenvalue weighted by Gasteiger charge is 2.02. The predicted molar refractivity (Wildman–Crippen MR) is 43.8 cm³/mol. The molecule has 0 fully saturated rings. The Labute approximate surface area is 63.0 Å². The first-order valence-electron chi connectivity index (χ1n) is 3.34. The van der Waals surface area contributed by atoms with Crippen LogP contribution in [0.25, 0.3) is 0 Å². The molecule has 0 N–H and O–H groups in total. The van der Waals surface area contributed by atoms with Crippen LogP contribution in [0, 0.1) is 0 Å². The highest BCUT2D eigenvalue weighted by atomic mass is 31.0. The van der Waals surface area contributed by atoms with Gasteiger partial charge in [-0.25, -0.2) is 4.68 Å². The molecule has 1 heterocycles. The minimum absolute atomic E-state index is 0.477. The summed E-state index contributed by atoms with van der Waals surface area (Å²) in [4.78, 5) is 0. The Morgan fingerprint density at radius 3 is 2.70 bits per heavy atom. The monoisotopic (exact) mass is 157 g/mol. The van der Waals surface area contributed by atoms with Gasteiger partial charge in [-0.2, -0.15) is 0 Å². The maximum absolute atomic E-state index is 3.99. The summed E-state index contributed by atoms with van der Waals surface area (Å²) in [6.45, 7) is 4.22. The molecular weight excluding hydrogens is 145 g/mol. The Kier molecular flexibility index (Phi) is 2.39. The number of nitrogens with zero attached hydrogens (tertiary/aromatic N) is 3. The molecule has 10 heavy (non-hydrogen) atoms. The summed E-state index contributed by atoms with van der Waals surface area (Å²) in [7, 11) is 2.60. The summed E-state index contributed by atoms with van der Waals surface area (Å²) in [6.07, 6.45) is 2.79. The third-order valence-corrected chi connectivity index (χ3v) is 1.71. The van der Waals surface area contributed by atoms with Crippen LogP contribution in [-0.2, 0) is 6.29 Å². The van der Waals surface area contributed by atoms with Crippen molar-refractivity contribution in [3.63, 3.8) is 0 Å². The summed E-state index contributed by atoms with van der Waals surface area (Å²) < 4.78 is 1.81. The van der Waals surface area contributed by atoms with E-state index < -0.39 is 0 Å². The molecule has 0 spiro atoms. The summed E-state index contributed by atoms with van der Waals surface area (Å²) in [5.41, 5.74) is 1.06. The summed E-state index contributed by atoms with van der Waals surface area (Å²) in [5.74, 6) is 0.477. The van der Waals surface area contributed by atoms with Crippen LogP contribution in [0.15, 0.2) is 6.20 Å². The maximum atomic E-state index is 3.99. The van der Waals surface area contributed by atoms with Crippen LogP contribution < -0.4 is 0 Å². The van der Waals surface area contributed by atoms with E-state index in [2.05, 4.69) is 33.4 Å². The largest absolute Gasteiger partial charge is 0.249 e. The maximum Gasteiger partial charge on any atom is 0.0852 e. The van der Waals surface area contributed by atoms with E-state index in [4.69, 9.17) is 0 Å². The van der Waals surface area contributed by atoms with Gasteiger partial charge in [0.1, 0.15) is 0 Å². The van der Waals surface area contributed by atoms with Crippen molar-refractivity contribution in [3.05, 3.63) is 11.9 Å². The van der Waals surface area contributed by atoms with E-state index in [1.165, 1.54) is 0 Å². The quantitative estimate of drug-likeness (QED) is 0.604. The van der Waals surface area contributed by atoms with E-state index in [1.54, 1.807) is 4.68 Å². The van der Waals surface area contributed by atoms with E-state index in [0.717, 1.165) is 12.0 Å². The Hall–Kier alpha value is -0.430. The van der Waals surface area contributed by atoms with Crippen molar-refractivity contribution in [1.82, 2.24) is 15.0 Å². The van der Waals surface area contributed by atoms with Crippen molar-refractivity contribution in [2.45, 2.75) is 26.1 Å². The average Bonchev–Trinajstić information content (AvgIpc) is 2.34. The van der Waals surface area contributed by atoms with Gasteiger partial charge in [-0.05, 0) is 5.92 Å². The SMILES string of the molecule is CC(C)c1cn(CP)nn1. The fourth-order valence-corrected chi connectivity index (χ4v) is 0.846. The molecule has 0 saturated heterocycles. The van der Waals surface area contributed by atoms with Crippen molar-refractivity contribution in [2.75, 3.05) is 0 Å². The topological polar surface area (TPSA) is 30.7 Å². The fraction of sp³-hybridized carbons (Fsp3) is 0.667. The Morgan fingerprint density at radius 2 is 2.40 bits per heavy atom. The van der Waals surface area contributed by atoms with Gasteiger partial charge in [0, 0.05) is 6.20 Å². The standard InChI is InChI=1S/C6H12N3P/c1-5(2)6-3-9(4-10)8-7-6/h3,5H,4,10H2,1-2H3. The van der Waals surface area contributed by atoms with Gasteiger partial charge in [-0.1, -0.05) is 19.1 Å². The third kappa shape index (κ3) is 1.54. The second kappa shape index (κ2) is 3.11.